The maximum Gasteiger partial charge on any atom is 0.243 e. The predicted molar refractivity (Wildman–Crippen MR) is 65.6 cm³/mol. The Bertz CT molecular complexity index is 494. The van der Waals surface area contributed by atoms with E-state index in [-0.39, 0.29) is 5.82 Å². The molecule has 2 aromatic heterocycles. The molecule has 1 unspecified atom stereocenters. The number of halogens is 1. The predicted octanol–water partition coefficient (Wildman–Crippen LogP) is 2.86. The highest BCUT2D eigenvalue weighted by atomic mass is 19.1. The number of anilines is 1. The van der Waals surface area contributed by atoms with E-state index in [0.29, 0.717) is 17.6 Å². The monoisotopic (exact) mass is 236 g/mol. The molecule has 5 heteroatoms. The Morgan fingerprint density at radius 1 is 1.47 bits per heavy atom. The van der Waals surface area contributed by atoms with Gasteiger partial charge in [0.15, 0.2) is 5.65 Å². The van der Waals surface area contributed by atoms with Crippen LogP contribution in [0.1, 0.15) is 33.1 Å². The van der Waals surface area contributed by atoms with Gasteiger partial charge in [-0.05, 0) is 25.5 Å². The average Bonchev–Trinajstić information content (AvgIpc) is 2.67. The molecule has 0 amide bonds. The van der Waals surface area contributed by atoms with Gasteiger partial charge in [0, 0.05) is 6.04 Å². The van der Waals surface area contributed by atoms with Crippen LogP contribution in [-0.2, 0) is 0 Å². The first-order valence-corrected chi connectivity index (χ1v) is 5.97. The number of aromatic nitrogens is 3. The number of hydrogen-bond donors (Lipinski definition) is 1. The second-order valence-corrected chi connectivity index (χ2v) is 4.27. The zero-order valence-corrected chi connectivity index (χ0v) is 10.2. The molecule has 0 saturated carbocycles. The second kappa shape index (κ2) is 5.12. The Morgan fingerprint density at radius 2 is 2.29 bits per heavy atom. The van der Waals surface area contributed by atoms with E-state index in [4.69, 9.17) is 0 Å². The molecule has 17 heavy (non-hydrogen) atoms. The molecule has 4 nitrogen and oxygen atoms in total. The van der Waals surface area contributed by atoms with Crippen molar-refractivity contribution in [2.75, 3.05) is 5.32 Å². The number of pyridine rings is 1. The molecule has 0 fully saturated rings. The highest BCUT2D eigenvalue weighted by Gasteiger charge is 2.07. The van der Waals surface area contributed by atoms with Crippen molar-refractivity contribution in [2.45, 2.75) is 39.2 Å². The van der Waals surface area contributed by atoms with Gasteiger partial charge in [-0.25, -0.2) is 8.91 Å². The largest absolute Gasteiger partial charge is 0.350 e. The molecular weight excluding hydrogens is 219 g/mol. The van der Waals surface area contributed by atoms with Crippen molar-refractivity contribution in [3.05, 3.63) is 24.1 Å². The van der Waals surface area contributed by atoms with Gasteiger partial charge in [0.05, 0.1) is 6.20 Å². The number of hydrogen-bond acceptors (Lipinski definition) is 3. The van der Waals surface area contributed by atoms with Crippen LogP contribution in [0, 0.1) is 5.82 Å². The van der Waals surface area contributed by atoms with Gasteiger partial charge in [-0.15, -0.1) is 5.10 Å². The van der Waals surface area contributed by atoms with Crippen molar-refractivity contribution in [3.63, 3.8) is 0 Å². The molecule has 0 aliphatic rings. The highest BCUT2D eigenvalue weighted by Crippen LogP contribution is 2.10. The summed E-state index contributed by atoms with van der Waals surface area (Å²) < 4.78 is 14.4. The van der Waals surface area contributed by atoms with E-state index < -0.39 is 0 Å². The molecule has 0 aromatic carbocycles. The lowest BCUT2D eigenvalue weighted by atomic mass is 10.1. The van der Waals surface area contributed by atoms with Gasteiger partial charge in [-0.2, -0.15) is 4.98 Å². The number of fused-ring (bicyclic) bond motifs is 1. The van der Waals surface area contributed by atoms with Gasteiger partial charge in [0.1, 0.15) is 5.82 Å². The zero-order chi connectivity index (χ0) is 12.3. The number of nitrogens with zero attached hydrogens (tertiary/aromatic N) is 3. The molecule has 1 N–H and O–H groups in total. The summed E-state index contributed by atoms with van der Waals surface area (Å²) in [5.41, 5.74) is 0.650. The van der Waals surface area contributed by atoms with Crippen molar-refractivity contribution in [1.82, 2.24) is 14.6 Å². The van der Waals surface area contributed by atoms with Crippen LogP contribution >= 0.6 is 0 Å². The van der Waals surface area contributed by atoms with E-state index in [2.05, 4.69) is 29.2 Å². The summed E-state index contributed by atoms with van der Waals surface area (Å²) >= 11 is 0. The first-order chi connectivity index (χ1) is 8.19. The smallest absolute Gasteiger partial charge is 0.243 e. The summed E-state index contributed by atoms with van der Waals surface area (Å²) in [6, 6.07) is 3.33. The van der Waals surface area contributed by atoms with Crippen LogP contribution in [0.3, 0.4) is 0 Å². The van der Waals surface area contributed by atoms with Gasteiger partial charge >= 0.3 is 0 Å². The Balaban J connectivity index is 2.08. The summed E-state index contributed by atoms with van der Waals surface area (Å²) in [4.78, 5) is 4.28. The van der Waals surface area contributed by atoms with E-state index in [1.165, 1.54) is 29.6 Å². The van der Waals surface area contributed by atoms with Crippen LogP contribution < -0.4 is 5.32 Å². The lowest BCUT2D eigenvalue weighted by Gasteiger charge is -2.10. The Morgan fingerprint density at radius 3 is 3.06 bits per heavy atom. The molecule has 0 radical (unpaired) electrons. The molecule has 0 aliphatic carbocycles. The van der Waals surface area contributed by atoms with Crippen molar-refractivity contribution in [1.29, 1.82) is 0 Å². The Labute approximate surface area is 99.9 Å². The zero-order valence-electron chi connectivity index (χ0n) is 10.2. The lowest BCUT2D eigenvalue weighted by Crippen LogP contribution is -2.15. The van der Waals surface area contributed by atoms with Gasteiger partial charge < -0.3 is 5.32 Å². The standard InChI is InChI=1S/C12H17FN4/c1-3-4-5-9(2)14-12-15-11-7-6-10(13)8-17(11)16-12/h6-9H,3-5H2,1-2H3,(H,14,16). The van der Waals surface area contributed by atoms with Gasteiger partial charge in [-0.1, -0.05) is 19.8 Å². The molecule has 0 saturated heterocycles. The second-order valence-electron chi connectivity index (χ2n) is 4.27. The average molecular weight is 236 g/mol. The van der Waals surface area contributed by atoms with Crippen LogP contribution in [0.15, 0.2) is 18.3 Å². The van der Waals surface area contributed by atoms with E-state index in [9.17, 15) is 4.39 Å². The van der Waals surface area contributed by atoms with Crippen molar-refractivity contribution < 1.29 is 4.39 Å². The quantitative estimate of drug-likeness (QED) is 0.868. The highest BCUT2D eigenvalue weighted by molar-refractivity contribution is 5.43. The minimum atomic E-state index is -0.312. The Kier molecular flexibility index (Phi) is 3.56. The summed E-state index contributed by atoms with van der Waals surface area (Å²) in [6.45, 7) is 4.26. The van der Waals surface area contributed by atoms with E-state index in [0.717, 1.165) is 6.42 Å². The molecule has 0 bridgehead atoms. The minimum Gasteiger partial charge on any atom is -0.350 e. The summed E-state index contributed by atoms with van der Waals surface area (Å²) in [7, 11) is 0. The molecule has 92 valence electrons. The molecule has 2 aromatic rings. The third-order valence-electron chi connectivity index (χ3n) is 2.66. The van der Waals surface area contributed by atoms with Gasteiger partial charge in [0.25, 0.3) is 0 Å². The lowest BCUT2D eigenvalue weighted by molar-refractivity contribution is 0.614. The normalized spacial score (nSPS) is 12.9. The molecule has 2 heterocycles. The third-order valence-corrected chi connectivity index (χ3v) is 2.66. The van der Waals surface area contributed by atoms with Crippen molar-refractivity contribution in [3.8, 4) is 0 Å². The van der Waals surface area contributed by atoms with Gasteiger partial charge in [-0.3, -0.25) is 0 Å². The maximum atomic E-state index is 13.0. The fraction of sp³-hybridized carbons (Fsp3) is 0.500. The number of rotatable bonds is 5. The first kappa shape index (κ1) is 11.8. The minimum absolute atomic E-state index is 0.312. The summed E-state index contributed by atoms with van der Waals surface area (Å²) in [5, 5.41) is 7.40. The van der Waals surface area contributed by atoms with Crippen LogP contribution in [0.2, 0.25) is 0 Å². The van der Waals surface area contributed by atoms with Crippen molar-refractivity contribution in [2.24, 2.45) is 0 Å². The number of unbranched alkanes of at least 4 members (excludes halogenated alkanes) is 1. The van der Waals surface area contributed by atoms with Crippen LogP contribution in [0.25, 0.3) is 5.65 Å². The SMILES string of the molecule is CCCCC(C)Nc1nc2ccc(F)cn2n1. The first-order valence-electron chi connectivity index (χ1n) is 5.97. The topological polar surface area (TPSA) is 42.2 Å². The molecule has 0 spiro atoms. The maximum absolute atomic E-state index is 13.0. The van der Waals surface area contributed by atoms with E-state index >= 15 is 0 Å². The van der Waals surface area contributed by atoms with Crippen LogP contribution in [0.4, 0.5) is 10.3 Å². The molecular formula is C12H17FN4. The Hall–Kier alpha value is -1.65. The van der Waals surface area contributed by atoms with Crippen molar-refractivity contribution >= 4 is 11.6 Å². The van der Waals surface area contributed by atoms with Crippen LogP contribution in [-0.4, -0.2) is 20.6 Å². The molecule has 2 rings (SSSR count). The molecule has 0 aliphatic heterocycles. The van der Waals surface area contributed by atoms with E-state index in [1.807, 2.05) is 0 Å². The molecule has 1 atom stereocenters. The summed E-state index contributed by atoms with van der Waals surface area (Å²) in [5.74, 6) is 0.243. The fourth-order valence-corrected chi connectivity index (χ4v) is 1.72. The fourth-order valence-electron chi connectivity index (χ4n) is 1.72. The van der Waals surface area contributed by atoms with Crippen LogP contribution in [0.5, 0.6) is 0 Å². The summed E-state index contributed by atoms with van der Waals surface area (Å²) in [6.07, 6.45) is 4.76. The van der Waals surface area contributed by atoms with E-state index in [1.54, 1.807) is 6.07 Å². The van der Waals surface area contributed by atoms with Gasteiger partial charge in [0.2, 0.25) is 5.95 Å². The number of nitrogens with one attached hydrogen (secondary N) is 1. The third kappa shape index (κ3) is 2.93.